The fourth-order valence-electron chi connectivity index (χ4n) is 2.56. The Morgan fingerprint density at radius 3 is 2.71 bits per heavy atom. The van der Waals surface area contributed by atoms with Crippen molar-refractivity contribution in [3.05, 3.63) is 5.82 Å². The SMILES string of the molecule is ClCCCCCn1nnnc1C1CCCCC1. The molecule has 0 radical (unpaired) electrons. The molecular weight excluding hydrogens is 236 g/mol. The molecule has 5 heteroatoms. The average molecular weight is 257 g/mol. The number of halogens is 1. The van der Waals surface area contributed by atoms with E-state index in [9.17, 15) is 0 Å². The molecule has 0 amide bonds. The van der Waals surface area contributed by atoms with Crippen LogP contribution in [0.5, 0.6) is 0 Å². The maximum absolute atomic E-state index is 5.67. The monoisotopic (exact) mass is 256 g/mol. The van der Waals surface area contributed by atoms with Gasteiger partial charge in [-0.05, 0) is 36.1 Å². The average Bonchev–Trinajstić information content (AvgIpc) is 2.84. The van der Waals surface area contributed by atoms with Gasteiger partial charge in [0.05, 0.1) is 0 Å². The van der Waals surface area contributed by atoms with Crippen LogP contribution in [0.15, 0.2) is 0 Å². The molecule has 17 heavy (non-hydrogen) atoms. The zero-order chi connectivity index (χ0) is 11.9. The van der Waals surface area contributed by atoms with E-state index in [1.165, 1.54) is 32.1 Å². The van der Waals surface area contributed by atoms with Gasteiger partial charge in [0.15, 0.2) is 5.82 Å². The van der Waals surface area contributed by atoms with Gasteiger partial charge in [-0.15, -0.1) is 16.7 Å². The van der Waals surface area contributed by atoms with E-state index >= 15 is 0 Å². The lowest BCUT2D eigenvalue weighted by molar-refractivity contribution is 0.403. The number of tetrazole rings is 1. The van der Waals surface area contributed by atoms with E-state index in [0.717, 1.165) is 37.5 Å². The molecule has 1 saturated carbocycles. The van der Waals surface area contributed by atoms with E-state index in [-0.39, 0.29) is 0 Å². The molecule has 4 nitrogen and oxygen atoms in total. The van der Waals surface area contributed by atoms with Crippen LogP contribution in [0.25, 0.3) is 0 Å². The summed E-state index contributed by atoms with van der Waals surface area (Å²) in [7, 11) is 0. The van der Waals surface area contributed by atoms with Gasteiger partial charge in [0.1, 0.15) is 0 Å². The Labute approximate surface area is 108 Å². The summed E-state index contributed by atoms with van der Waals surface area (Å²) in [6.45, 7) is 0.940. The summed E-state index contributed by atoms with van der Waals surface area (Å²) in [6, 6.07) is 0. The third kappa shape index (κ3) is 3.66. The van der Waals surface area contributed by atoms with Crippen LogP contribution < -0.4 is 0 Å². The maximum Gasteiger partial charge on any atom is 0.154 e. The van der Waals surface area contributed by atoms with Gasteiger partial charge in [0.2, 0.25) is 0 Å². The molecule has 1 aliphatic rings. The molecule has 0 saturated heterocycles. The summed E-state index contributed by atoms with van der Waals surface area (Å²) in [5.74, 6) is 2.45. The van der Waals surface area contributed by atoms with Gasteiger partial charge >= 0.3 is 0 Å². The van der Waals surface area contributed by atoms with Crippen LogP contribution in [-0.4, -0.2) is 26.1 Å². The van der Waals surface area contributed by atoms with E-state index in [1.807, 2.05) is 4.68 Å². The zero-order valence-electron chi connectivity index (χ0n) is 10.3. The fourth-order valence-corrected chi connectivity index (χ4v) is 2.75. The smallest absolute Gasteiger partial charge is 0.154 e. The van der Waals surface area contributed by atoms with Crippen molar-refractivity contribution in [2.75, 3.05) is 5.88 Å². The largest absolute Gasteiger partial charge is 0.229 e. The van der Waals surface area contributed by atoms with Crippen molar-refractivity contribution in [3.63, 3.8) is 0 Å². The Kier molecular flexibility index (Phi) is 5.23. The first-order valence-corrected chi connectivity index (χ1v) is 7.27. The number of hydrogen-bond acceptors (Lipinski definition) is 3. The van der Waals surface area contributed by atoms with Crippen LogP contribution in [-0.2, 0) is 6.54 Å². The standard InChI is InChI=1S/C12H21ClN4/c13-9-5-2-6-10-17-12(14-15-16-17)11-7-3-1-4-8-11/h11H,1-10H2. The predicted octanol–water partition coefficient (Wildman–Crippen LogP) is 3.13. The van der Waals surface area contributed by atoms with E-state index in [2.05, 4.69) is 15.5 Å². The van der Waals surface area contributed by atoms with Gasteiger partial charge in [-0.3, -0.25) is 0 Å². The highest BCUT2D eigenvalue weighted by Crippen LogP contribution is 2.30. The van der Waals surface area contributed by atoms with Gasteiger partial charge < -0.3 is 0 Å². The predicted molar refractivity (Wildman–Crippen MR) is 68.2 cm³/mol. The number of aryl methyl sites for hydroxylation is 1. The van der Waals surface area contributed by atoms with Gasteiger partial charge in [-0.25, -0.2) is 4.68 Å². The number of unbranched alkanes of at least 4 members (excludes halogenated alkanes) is 2. The second-order valence-corrected chi connectivity index (χ2v) is 5.22. The molecule has 0 aromatic carbocycles. The zero-order valence-corrected chi connectivity index (χ0v) is 11.1. The Morgan fingerprint density at radius 1 is 1.12 bits per heavy atom. The molecule has 2 rings (SSSR count). The van der Waals surface area contributed by atoms with Crippen LogP contribution in [0, 0.1) is 0 Å². The Morgan fingerprint density at radius 2 is 1.94 bits per heavy atom. The molecule has 1 fully saturated rings. The van der Waals surface area contributed by atoms with Crippen molar-refractivity contribution in [1.29, 1.82) is 0 Å². The highest BCUT2D eigenvalue weighted by atomic mass is 35.5. The van der Waals surface area contributed by atoms with Crippen molar-refractivity contribution in [2.24, 2.45) is 0 Å². The van der Waals surface area contributed by atoms with E-state index in [0.29, 0.717) is 5.92 Å². The molecule has 1 heterocycles. The maximum atomic E-state index is 5.67. The topological polar surface area (TPSA) is 43.6 Å². The molecule has 1 aromatic heterocycles. The molecule has 0 spiro atoms. The quantitative estimate of drug-likeness (QED) is 0.580. The Hall–Kier alpha value is -0.640. The Balaban J connectivity index is 1.87. The Bertz CT molecular complexity index is 320. The fraction of sp³-hybridized carbons (Fsp3) is 0.917. The number of aromatic nitrogens is 4. The van der Waals surface area contributed by atoms with E-state index in [1.54, 1.807) is 0 Å². The van der Waals surface area contributed by atoms with Crippen LogP contribution >= 0.6 is 11.6 Å². The van der Waals surface area contributed by atoms with Gasteiger partial charge in [0.25, 0.3) is 0 Å². The van der Waals surface area contributed by atoms with Crippen LogP contribution in [0.3, 0.4) is 0 Å². The first-order valence-electron chi connectivity index (χ1n) is 6.74. The first kappa shape index (κ1) is 12.8. The second kappa shape index (κ2) is 6.94. The molecule has 0 bridgehead atoms. The normalized spacial score (nSPS) is 17.5. The highest BCUT2D eigenvalue weighted by Gasteiger charge is 2.21. The number of hydrogen-bond donors (Lipinski definition) is 0. The molecule has 0 aliphatic heterocycles. The molecule has 1 aromatic rings. The van der Waals surface area contributed by atoms with Crippen molar-refractivity contribution in [3.8, 4) is 0 Å². The van der Waals surface area contributed by atoms with Gasteiger partial charge in [0, 0.05) is 18.3 Å². The molecule has 0 unspecified atom stereocenters. The van der Waals surface area contributed by atoms with Crippen LogP contribution in [0.1, 0.15) is 63.1 Å². The highest BCUT2D eigenvalue weighted by molar-refractivity contribution is 6.17. The second-order valence-electron chi connectivity index (χ2n) is 4.84. The van der Waals surface area contributed by atoms with Crippen molar-refractivity contribution in [1.82, 2.24) is 20.2 Å². The summed E-state index contributed by atoms with van der Waals surface area (Å²) in [5, 5.41) is 12.2. The number of rotatable bonds is 6. The lowest BCUT2D eigenvalue weighted by Crippen LogP contribution is -2.13. The van der Waals surface area contributed by atoms with E-state index in [4.69, 9.17) is 11.6 Å². The molecule has 96 valence electrons. The minimum Gasteiger partial charge on any atom is -0.229 e. The summed E-state index contributed by atoms with van der Waals surface area (Å²) in [6.07, 6.45) is 9.89. The van der Waals surface area contributed by atoms with Crippen molar-refractivity contribution in [2.45, 2.75) is 63.8 Å². The number of nitrogens with zero attached hydrogens (tertiary/aromatic N) is 4. The molecule has 1 aliphatic carbocycles. The minimum absolute atomic E-state index is 0.590. The van der Waals surface area contributed by atoms with Gasteiger partial charge in [-0.2, -0.15) is 0 Å². The third-order valence-corrected chi connectivity index (χ3v) is 3.80. The first-order chi connectivity index (χ1) is 8.42. The molecule has 0 atom stereocenters. The molecule has 0 N–H and O–H groups in total. The minimum atomic E-state index is 0.590. The lowest BCUT2D eigenvalue weighted by Gasteiger charge is -2.20. The van der Waals surface area contributed by atoms with Gasteiger partial charge in [-0.1, -0.05) is 25.7 Å². The third-order valence-electron chi connectivity index (χ3n) is 3.53. The van der Waals surface area contributed by atoms with Crippen molar-refractivity contribution < 1.29 is 0 Å². The summed E-state index contributed by atoms with van der Waals surface area (Å²) in [5.41, 5.74) is 0. The summed E-state index contributed by atoms with van der Waals surface area (Å²) >= 11 is 5.67. The summed E-state index contributed by atoms with van der Waals surface area (Å²) in [4.78, 5) is 0. The molecular formula is C12H21ClN4. The van der Waals surface area contributed by atoms with Crippen LogP contribution in [0.2, 0.25) is 0 Å². The van der Waals surface area contributed by atoms with Crippen LogP contribution in [0.4, 0.5) is 0 Å². The summed E-state index contributed by atoms with van der Waals surface area (Å²) < 4.78 is 2.00. The van der Waals surface area contributed by atoms with E-state index < -0.39 is 0 Å². The number of alkyl halides is 1. The lowest BCUT2D eigenvalue weighted by atomic mass is 9.89. The van der Waals surface area contributed by atoms with Crippen molar-refractivity contribution >= 4 is 11.6 Å².